The van der Waals surface area contributed by atoms with Crippen molar-refractivity contribution in [3.05, 3.63) is 68.5 Å². The van der Waals surface area contributed by atoms with Crippen LogP contribution in [0, 0.1) is 6.92 Å². The molecule has 4 rings (SSSR count). The Morgan fingerprint density at radius 2 is 1.81 bits per heavy atom. The van der Waals surface area contributed by atoms with Crippen molar-refractivity contribution >= 4 is 5.91 Å². The van der Waals surface area contributed by atoms with E-state index in [0.717, 1.165) is 17.2 Å². The summed E-state index contributed by atoms with van der Waals surface area (Å²) in [6.45, 7) is 5.16. The van der Waals surface area contributed by atoms with Gasteiger partial charge in [-0.3, -0.25) is 24.0 Å². The predicted molar refractivity (Wildman–Crippen MR) is 110 cm³/mol. The highest BCUT2D eigenvalue weighted by Gasteiger charge is 2.49. The van der Waals surface area contributed by atoms with Gasteiger partial charge in [0.25, 0.3) is 11.5 Å². The van der Waals surface area contributed by atoms with E-state index in [1.807, 2.05) is 12.1 Å². The average Bonchev–Trinajstić information content (AvgIpc) is 3.04. The van der Waals surface area contributed by atoms with E-state index in [2.05, 4.69) is 28.9 Å². The second-order valence-electron chi connectivity index (χ2n) is 7.97. The first-order chi connectivity index (χ1) is 14.8. The summed E-state index contributed by atoms with van der Waals surface area (Å²) in [5.74, 6) is -0.429. The molecule has 2 aliphatic heterocycles. The number of hydrogen-bond acceptors (Lipinski definition) is 7. The van der Waals surface area contributed by atoms with Gasteiger partial charge in [-0.05, 0) is 18.1 Å². The number of aromatic amines is 1. The molecule has 0 aliphatic carbocycles. The van der Waals surface area contributed by atoms with Gasteiger partial charge in [-0.2, -0.15) is 0 Å². The summed E-state index contributed by atoms with van der Waals surface area (Å²) in [6.07, 6.45) is -4.36. The number of carbonyl (C=O) groups is 1. The number of aliphatic hydroxyl groups excluding tert-OH is 2. The monoisotopic (exact) mass is 430 g/mol. The topological polar surface area (TPSA) is 128 Å². The van der Waals surface area contributed by atoms with Crippen molar-refractivity contribution in [2.45, 2.75) is 38.0 Å². The lowest BCUT2D eigenvalue weighted by Gasteiger charge is -2.36. The zero-order chi connectivity index (χ0) is 22.1. The minimum Gasteiger partial charge on any atom is -0.387 e. The van der Waals surface area contributed by atoms with Crippen LogP contribution >= 0.6 is 0 Å². The second kappa shape index (κ2) is 8.75. The van der Waals surface area contributed by atoms with Crippen molar-refractivity contribution in [1.82, 2.24) is 19.4 Å². The van der Waals surface area contributed by atoms with Gasteiger partial charge in [0.05, 0.1) is 0 Å². The Hall–Kier alpha value is -2.79. The van der Waals surface area contributed by atoms with Crippen LogP contribution in [0.5, 0.6) is 0 Å². The third kappa shape index (κ3) is 4.33. The molecule has 4 atom stereocenters. The molecule has 0 unspecified atom stereocenters. The van der Waals surface area contributed by atoms with Crippen LogP contribution in [0.25, 0.3) is 0 Å². The largest absolute Gasteiger partial charge is 0.387 e. The summed E-state index contributed by atoms with van der Waals surface area (Å²) in [4.78, 5) is 42.1. The zero-order valence-corrected chi connectivity index (χ0v) is 17.2. The van der Waals surface area contributed by atoms with Crippen LogP contribution in [-0.2, 0) is 16.1 Å². The number of H-pyrrole nitrogens is 1. The molecule has 2 saturated heterocycles. The molecule has 31 heavy (non-hydrogen) atoms. The van der Waals surface area contributed by atoms with Crippen LogP contribution in [0.1, 0.15) is 17.4 Å². The third-order valence-electron chi connectivity index (χ3n) is 5.95. The molecular weight excluding hydrogens is 404 g/mol. The molecule has 0 bridgehead atoms. The highest BCUT2D eigenvalue weighted by Crippen LogP contribution is 2.29. The average molecular weight is 430 g/mol. The number of carbonyl (C=O) groups excluding carboxylic acids is 1. The van der Waals surface area contributed by atoms with Crippen molar-refractivity contribution in [1.29, 1.82) is 0 Å². The van der Waals surface area contributed by atoms with Gasteiger partial charge in [-0.1, -0.05) is 24.3 Å². The standard InChI is InChI=1S/C21H26N4O6/c1-13-4-2-3-5-14(13)12-23-8-10-24(11-9-23)19(29)18-16(27)17(28)20(31-18)25-7-6-15(26)22-21(25)30/h2-7,16-18,20,27-28H,8-12H2,1H3,(H,22,26,30)/t16-,17+,18-,20+/m0/s1. The molecule has 0 saturated carbocycles. The number of rotatable bonds is 4. The molecule has 166 valence electrons. The van der Waals surface area contributed by atoms with Gasteiger partial charge < -0.3 is 19.8 Å². The number of aliphatic hydroxyl groups is 2. The Morgan fingerprint density at radius 1 is 1.10 bits per heavy atom. The van der Waals surface area contributed by atoms with Crippen molar-refractivity contribution in [2.24, 2.45) is 0 Å². The predicted octanol–water partition coefficient (Wildman–Crippen LogP) is -1.19. The fourth-order valence-corrected chi connectivity index (χ4v) is 4.06. The van der Waals surface area contributed by atoms with Gasteiger partial charge in [0.15, 0.2) is 12.3 Å². The summed E-state index contributed by atoms with van der Waals surface area (Å²) >= 11 is 0. The van der Waals surface area contributed by atoms with E-state index >= 15 is 0 Å². The minimum absolute atomic E-state index is 0.429. The fraction of sp³-hybridized carbons (Fsp3) is 0.476. The molecule has 10 heteroatoms. The molecule has 1 amide bonds. The Kier molecular flexibility index (Phi) is 6.05. The number of piperazine rings is 1. The number of ether oxygens (including phenoxy) is 1. The Morgan fingerprint density at radius 3 is 2.48 bits per heavy atom. The van der Waals surface area contributed by atoms with Gasteiger partial charge in [-0.15, -0.1) is 0 Å². The maximum absolute atomic E-state index is 13.0. The molecule has 0 radical (unpaired) electrons. The number of amides is 1. The number of aromatic nitrogens is 2. The van der Waals surface area contributed by atoms with Crippen LogP contribution in [0.2, 0.25) is 0 Å². The summed E-state index contributed by atoms with van der Waals surface area (Å²) in [7, 11) is 0. The number of nitrogens with one attached hydrogen (secondary N) is 1. The zero-order valence-electron chi connectivity index (χ0n) is 17.2. The molecule has 1 aromatic carbocycles. The van der Waals surface area contributed by atoms with Gasteiger partial charge in [0.2, 0.25) is 0 Å². The van der Waals surface area contributed by atoms with Crippen LogP contribution in [0.15, 0.2) is 46.1 Å². The van der Waals surface area contributed by atoms with Crippen molar-refractivity contribution in [3.63, 3.8) is 0 Å². The summed E-state index contributed by atoms with van der Waals surface area (Å²) < 4.78 is 6.54. The molecule has 2 aromatic rings. The van der Waals surface area contributed by atoms with E-state index in [-0.39, 0.29) is 0 Å². The molecular formula is C21H26N4O6. The molecule has 10 nitrogen and oxygen atoms in total. The summed E-state index contributed by atoms with van der Waals surface area (Å²) in [5, 5.41) is 20.7. The van der Waals surface area contributed by atoms with E-state index in [1.165, 1.54) is 17.3 Å². The molecule has 1 aromatic heterocycles. The van der Waals surface area contributed by atoms with Crippen LogP contribution < -0.4 is 11.2 Å². The second-order valence-corrected chi connectivity index (χ2v) is 7.97. The third-order valence-corrected chi connectivity index (χ3v) is 5.95. The first kappa shape index (κ1) is 21.4. The normalized spacial score (nSPS) is 26.9. The molecule has 3 N–H and O–H groups in total. The van der Waals surface area contributed by atoms with Crippen LogP contribution in [0.3, 0.4) is 0 Å². The smallest absolute Gasteiger partial charge is 0.330 e. The lowest BCUT2D eigenvalue weighted by molar-refractivity contribution is -0.150. The van der Waals surface area contributed by atoms with Crippen molar-refractivity contribution in [2.75, 3.05) is 26.2 Å². The highest BCUT2D eigenvalue weighted by atomic mass is 16.6. The number of hydrogen-bond donors (Lipinski definition) is 3. The molecule has 2 fully saturated rings. The lowest BCUT2D eigenvalue weighted by Crippen LogP contribution is -2.53. The minimum atomic E-state index is -1.49. The first-order valence-electron chi connectivity index (χ1n) is 10.2. The number of benzene rings is 1. The van der Waals surface area contributed by atoms with Crippen molar-refractivity contribution in [3.8, 4) is 0 Å². The summed E-state index contributed by atoms with van der Waals surface area (Å²) in [5.41, 5.74) is 1.09. The molecule has 2 aliphatic rings. The fourth-order valence-electron chi connectivity index (χ4n) is 4.06. The first-order valence-corrected chi connectivity index (χ1v) is 10.2. The van der Waals surface area contributed by atoms with E-state index in [9.17, 15) is 24.6 Å². The van der Waals surface area contributed by atoms with E-state index in [1.54, 1.807) is 4.90 Å². The maximum Gasteiger partial charge on any atom is 0.330 e. The van der Waals surface area contributed by atoms with E-state index in [0.29, 0.717) is 26.2 Å². The molecule has 0 spiro atoms. The van der Waals surface area contributed by atoms with Crippen molar-refractivity contribution < 1.29 is 19.7 Å². The highest BCUT2D eigenvalue weighted by molar-refractivity contribution is 5.82. The van der Waals surface area contributed by atoms with Gasteiger partial charge >= 0.3 is 5.69 Å². The summed E-state index contributed by atoms with van der Waals surface area (Å²) in [6, 6.07) is 9.29. The van der Waals surface area contributed by atoms with Gasteiger partial charge in [0, 0.05) is 45.0 Å². The Bertz CT molecular complexity index is 1060. The molecule has 3 heterocycles. The van der Waals surface area contributed by atoms with Crippen LogP contribution in [-0.4, -0.2) is 80.0 Å². The number of nitrogens with zero attached hydrogens (tertiary/aromatic N) is 3. The van der Waals surface area contributed by atoms with Gasteiger partial charge in [-0.25, -0.2) is 4.79 Å². The van der Waals surface area contributed by atoms with Crippen LogP contribution in [0.4, 0.5) is 0 Å². The lowest BCUT2D eigenvalue weighted by atomic mass is 10.1. The Balaban J connectivity index is 1.39. The van der Waals surface area contributed by atoms with E-state index < -0.39 is 41.7 Å². The number of aryl methyl sites for hydroxylation is 1. The van der Waals surface area contributed by atoms with E-state index in [4.69, 9.17) is 4.74 Å². The SMILES string of the molecule is Cc1ccccc1CN1CCN(C(=O)[C@H]2O[C@@H](n3ccc(=O)[nH]c3=O)[C@H](O)[C@@H]2O)CC1. The Labute approximate surface area is 178 Å². The van der Waals surface area contributed by atoms with Gasteiger partial charge in [0.1, 0.15) is 12.2 Å². The maximum atomic E-state index is 13.0. The quantitative estimate of drug-likeness (QED) is 0.556.